The van der Waals surface area contributed by atoms with Gasteiger partial charge in [-0.1, -0.05) is 6.92 Å². The molecule has 4 nitrogen and oxygen atoms in total. The van der Waals surface area contributed by atoms with Crippen LogP contribution in [0.1, 0.15) is 42.8 Å². The Morgan fingerprint density at radius 1 is 1.55 bits per heavy atom. The Hall–Kier alpha value is -0.490. The van der Waals surface area contributed by atoms with Crippen LogP contribution in [0.25, 0.3) is 0 Å². The summed E-state index contributed by atoms with van der Waals surface area (Å²) in [5.74, 6) is 0.615. The average Bonchev–Trinajstić information content (AvgIpc) is 3.06. The topological polar surface area (TPSA) is 43.4 Å². The van der Waals surface area contributed by atoms with E-state index in [0.29, 0.717) is 12.0 Å². The fourth-order valence-electron chi connectivity index (χ4n) is 3.52. The zero-order valence-electron chi connectivity index (χ0n) is 12.4. The number of thiazole rings is 1. The smallest absolute Gasteiger partial charge is 0.0940 e. The number of hydrogen-bond acceptors (Lipinski definition) is 5. The van der Waals surface area contributed by atoms with Gasteiger partial charge in [-0.05, 0) is 32.2 Å². The first-order valence-electron chi connectivity index (χ1n) is 7.59. The molecule has 2 saturated heterocycles. The normalized spacial score (nSPS) is 31.8. The summed E-state index contributed by atoms with van der Waals surface area (Å²) in [6.07, 6.45) is 3.27. The molecule has 0 radical (unpaired) electrons. The summed E-state index contributed by atoms with van der Waals surface area (Å²) in [6.45, 7) is 7.75. The van der Waals surface area contributed by atoms with Crippen LogP contribution in [0.4, 0.5) is 0 Å². The molecule has 3 atom stereocenters. The molecule has 3 heterocycles. The van der Waals surface area contributed by atoms with Gasteiger partial charge in [-0.3, -0.25) is 0 Å². The molecule has 0 amide bonds. The van der Waals surface area contributed by atoms with Crippen molar-refractivity contribution >= 4 is 11.3 Å². The van der Waals surface area contributed by atoms with E-state index in [1.165, 1.54) is 10.6 Å². The molecule has 2 aliphatic rings. The van der Waals surface area contributed by atoms with Crippen LogP contribution in [0.5, 0.6) is 0 Å². The summed E-state index contributed by atoms with van der Waals surface area (Å²) < 4.78 is 11.7. The molecule has 0 aromatic carbocycles. The van der Waals surface area contributed by atoms with Crippen LogP contribution < -0.4 is 5.32 Å². The summed E-state index contributed by atoms with van der Waals surface area (Å²) in [4.78, 5) is 5.82. The Bertz CT molecular complexity index is 443. The highest BCUT2D eigenvalue weighted by atomic mass is 32.1. The standard InChI is InChI=1S/C15H24N2O2S/c1-3-16-13(14-11(2)17-10-20-14)12-4-6-19-15(8-12)5-7-18-9-15/h10,12-13,16H,3-9H2,1-2H3. The molecule has 1 aromatic rings. The molecule has 2 fully saturated rings. The molecule has 1 aromatic heterocycles. The third-order valence-corrected chi connectivity index (χ3v) is 5.57. The molecule has 3 unspecified atom stereocenters. The lowest BCUT2D eigenvalue weighted by molar-refractivity contribution is -0.103. The molecular weight excluding hydrogens is 272 g/mol. The molecule has 0 saturated carbocycles. The third-order valence-electron chi connectivity index (χ3n) is 4.56. The number of rotatable bonds is 4. The second-order valence-electron chi connectivity index (χ2n) is 5.92. The molecule has 2 aliphatic heterocycles. The molecule has 1 N–H and O–H groups in total. The Labute approximate surface area is 124 Å². The molecule has 0 bridgehead atoms. The van der Waals surface area contributed by atoms with E-state index in [1.54, 1.807) is 11.3 Å². The van der Waals surface area contributed by atoms with Gasteiger partial charge >= 0.3 is 0 Å². The first kappa shape index (κ1) is 14.4. The van der Waals surface area contributed by atoms with Gasteiger partial charge in [0.2, 0.25) is 0 Å². The Balaban J connectivity index is 1.79. The van der Waals surface area contributed by atoms with Crippen LogP contribution in [0, 0.1) is 12.8 Å². The number of ether oxygens (including phenoxy) is 2. The maximum atomic E-state index is 6.07. The second kappa shape index (κ2) is 6.10. The van der Waals surface area contributed by atoms with E-state index in [4.69, 9.17) is 9.47 Å². The first-order chi connectivity index (χ1) is 9.74. The quantitative estimate of drug-likeness (QED) is 0.928. The molecule has 3 rings (SSSR count). The van der Waals surface area contributed by atoms with Crippen LogP contribution in [0.2, 0.25) is 0 Å². The van der Waals surface area contributed by atoms with E-state index in [1.807, 2.05) is 5.51 Å². The number of aryl methyl sites for hydroxylation is 1. The molecule has 1 spiro atoms. The molecular formula is C15H24N2O2S. The van der Waals surface area contributed by atoms with Gasteiger partial charge in [0, 0.05) is 30.6 Å². The summed E-state index contributed by atoms with van der Waals surface area (Å²) in [5, 5.41) is 3.68. The van der Waals surface area contributed by atoms with Crippen molar-refractivity contribution in [3.05, 3.63) is 16.1 Å². The second-order valence-corrected chi connectivity index (χ2v) is 6.81. The summed E-state index contributed by atoms with van der Waals surface area (Å²) >= 11 is 1.78. The highest BCUT2D eigenvalue weighted by Crippen LogP contribution is 2.42. The maximum absolute atomic E-state index is 6.07. The highest BCUT2D eigenvalue weighted by molar-refractivity contribution is 7.09. The minimum Gasteiger partial charge on any atom is -0.378 e. The lowest BCUT2D eigenvalue weighted by Gasteiger charge is -2.40. The van der Waals surface area contributed by atoms with Crippen LogP contribution in [-0.2, 0) is 9.47 Å². The highest BCUT2D eigenvalue weighted by Gasteiger charge is 2.43. The van der Waals surface area contributed by atoms with Crippen molar-refractivity contribution in [2.45, 2.75) is 44.8 Å². The van der Waals surface area contributed by atoms with Crippen LogP contribution in [0.15, 0.2) is 5.51 Å². The van der Waals surface area contributed by atoms with Gasteiger partial charge in [-0.25, -0.2) is 4.98 Å². The zero-order valence-corrected chi connectivity index (χ0v) is 13.2. The average molecular weight is 296 g/mol. The lowest BCUT2D eigenvalue weighted by atomic mass is 9.80. The monoisotopic (exact) mass is 296 g/mol. The van der Waals surface area contributed by atoms with E-state index in [2.05, 4.69) is 24.1 Å². The molecule has 0 aliphatic carbocycles. The van der Waals surface area contributed by atoms with Gasteiger partial charge in [0.05, 0.1) is 23.4 Å². The van der Waals surface area contributed by atoms with Crippen molar-refractivity contribution in [1.29, 1.82) is 0 Å². The fraction of sp³-hybridized carbons (Fsp3) is 0.800. The minimum absolute atomic E-state index is 0.0187. The Morgan fingerprint density at radius 2 is 2.45 bits per heavy atom. The number of nitrogens with one attached hydrogen (secondary N) is 1. The van der Waals surface area contributed by atoms with Crippen molar-refractivity contribution in [3.8, 4) is 0 Å². The SMILES string of the molecule is CCNC(c1scnc1C)C1CCOC2(CCOC2)C1. The predicted octanol–water partition coefficient (Wildman–Crippen LogP) is 2.69. The van der Waals surface area contributed by atoms with E-state index in [-0.39, 0.29) is 5.60 Å². The van der Waals surface area contributed by atoms with Gasteiger partial charge in [0.1, 0.15) is 0 Å². The van der Waals surface area contributed by atoms with E-state index in [0.717, 1.165) is 45.6 Å². The fourth-order valence-corrected chi connectivity index (χ4v) is 4.49. The zero-order chi connectivity index (χ0) is 14.0. The van der Waals surface area contributed by atoms with Crippen LogP contribution in [-0.4, -0.2) is 37.0 Å². The van der Waals surface area contributed by atoms with Gasteiger partial charge in [-0.15, -0.1) is 11.3 Å². The maximum Gasteiger partial charge on any atom is 0.0940 e. The molecule has 20 heavy (non-hydrogen) atoms. The van der Waals surface area contributed by atoms with Crippen molar-refractivity contribution in [1.82, 2.24) is 10.3 Å². The third kappa shape index (κ3) is 2.77. The summed E-state index contributed by atoms with van der Waals surface area (Å²) in [5.41, 5.74) is 3.11. The summed E-state index contributed by atoms with van der Waals surface area (Å²) in [6, 6.07) is 0.411. The van der Waals surface area contributed by atoms with Crippen LogP contribution in [0.3, 0.4) is 0 Å². The van der Waals surface area contributed by atoms with E-state index < -0.39 is 0 Å². The van der Waals surface area contributed by atoms with Crippen molar-refractivity contribution < 1.29 is 9.47 Å². The largest absolute Gasteiger partial charge is 0.378 e. The number of hydrogen-bond donors (Lipinski definition) is 1. The van der Waals surface area contributed by atoms with E-state index in [9.17, 15) is 0 Å². The van der Waals surface area contributed by atoms with Gasteiger partial charge in [0.15, 0.2) is 0 Å². The van der Waals surface area contributed by atoms with Gasteiger partial charge in [0.25, 0.3) is 0 Å². The van der Waals surface area contributed by atoms with Gasteiger partial charge < -0.3 is 14.8 Å². The lowest BCUT2D eigenvalue weighted by Crippen LogP contribution is -2.44. The minimum atomic E-state index is -0.0187. The Kier molecular flexibility index (Phi) is 4.40. The number of nitrogens with zero attached hydrogens (tertiary/aromatic N) is 1. The number of aromatic nitrogens is 1. The predicted molar refractivity (Wildman–Crippen MR) is 80.1 cm³/mol. The first-order valence-corrected chi connectivity index (χ1v) is 8.47. The van der Waals surface area contributed by atoms with Crippen molar-refractivity contribution in [2.24, 2.45) is 5.92 Å². The van der Waals surface area contributed by atoms with Crippen LogP contribution >= 0.6 is 11.3 Å². The van der Waals surface area contributed by atoms with Gasteiger partial charge in [-0.2, -0.15) is 0 Å². The van der Waals surface area contributed by atoms with Crippen molar-refractivity contribution in [3.63, 3.8) is 0 Å². The van der Waals surface area contributed by atoms with E-state index >= 15 is 0 Å². The summed E-state index contributed by atoms with van der Waals surface area (Å²) in [7, 11) is 0. The Morgan fingerprint density at radius 3 is 3.10 bits per heavy atom. The molecule has 112 valence electrons. The molecule has 5 heteroatoms. The van der Waals surface area contributed by atoms with Crippen molar-refractivity contribution in [2.75, 3.05) is 26.4 Å².